The second-order valence-electron chi connectivity index (χ2n) is 32.0. The molecule has 0 rings (SSSR count). The Morgan fingerprint density at radius 1 is 0.222 bits per heavy atom. The Bertz CT molecular complexity index is 2030. The summed E-state index contributed by atoms with van der Waals surface area (Å²) in [5, 5.41) is 10.7. The molecule has 17 nitrogen and oxygen atoms in total. The van der Waals surface area contributed by atoms with Crippen molar-refractivity contribution in [3.05, 3.63) is 0 Å². The SMILES string of the molecule is CCCCCCCCCCCCCCCCCCCCCCCC(=O)O[C@H](COC(=O)CCCCCCCCCCCCCCCCCCCCCC)COP(=O)(O)OC[C@@H](O)COP(=O)(O)OC[C@@H](COC(=O)CCCCCCCCCCCCCCC)OC(=O)CCCCCCCCCCCCCCCC. The number of hydrogen-bond acceptors (Lipinski definition) is 15. The van der Waals surface area contributed by atoms with Gasteiger partial charge in [0.05, 0.1) is 26.4 Å². The van der Waals surface area contributed by atoms with Crippen molar-refractivity contribution in [1.29, 1.82) is 0 Å². The van der Waals surface area contributed by atoms with E-state index in [9.17, 15) is 43.2 Å². The van der Waals surface area contributed by atoms with Gasteiger partial charge in [0.2, 0.25) is 0 Å². The van der Waals surface area contributed by atoms with Gasteiger partial charge in [-0.3, -0.25) is 37.3 Å². The van der Waals surface area contributed by atoms with Crippen LogP contribution >= 0.6 is 15.6 Å². The van der Waals surface area contributed by atoms with Crippen LogP contribution in [0.5, 0.6) is 0 Å². The van der Waals surface area contributed by atoms with E-state index in [1.165, 1.54) is 321 Å². The monoisotopic (exact) mass is 1580 g/mol. The van der Waals surface area contributed by atoms with E-state index in [0.717, 1.165) is 89.9 Å². The summed E-state index contributed by atoms with van der Waals surface area (Å²) >= 11 is 0. The first kappa shape index (κ1) is 106. The van der Waals surface area contributed by atoms with E-state index < -0.39 is 97.5 Å². The lowest BCUT2D eigenvalue weighted by atomic mass is 10.0. The van der Waals surface area contributed by atoms with E-state index in [-0.39, 0.29) is 25.7 Å². The first-order chi connectivity index (χ1) is 52.7. The fourth-order valence-corrected chi connectivity index (χ4v) is 15.6. The van der Waals surface area contributed by atoms with E-state index in [1.54, 1.807) is 0 Å². The van der Waals surface area contributed by atoms with Crippen LogP contribution in [-0.2, 0) is 65.4 Å². The molecular weight excluding hydrogens is 1400 g/mol. The number of hydrogen-bond donors (Lipinski definition) is 3. The van der Waals surface area contributed by atoms with Crippen molar-refractivity contribution >= 4 is 39.5 Å². The Hall–Kier alpha value is -1.94. The quantitative estimate of drug-likeness (QED) is 0.0222. The predicted molar refractivity (Wildman–Crippen MR) is 446 cm³/mol. The van der Waals surface area contributed by atoms with Crippen LogP contribution in [-0.4, -0.2) is 96.7 Å². The molecule has 0 saturated carbocycles. The molecule has 0 spiro atoms. The molecule has 0 bridgehead atoms. The summed E-state index contributed by atoms with van der Waals surface area (Å²) in [6.07, 6.45) is 79.2. The van der Waals surface area contributed by atoms with Crippen LogP contribution in [0.2, 0.25) is 0 Å². The minimum absolute atomic E-state index is 0.109. The highest BCUT2D eigenvalue weighted by molar-refractivity contribution is 7.47. The summed E-state index contributed by atoms with van der Waals surface area (Å²) in [5.41, 5.74) is 0. The van der Waals surface area contributed by atoms with Gasteiger partial charge in [-0.25, -0.2) is 9.13 Å². The van der Waals surface area contributed by atoms with Crippen molar-refractivity contribution in [1.82, 2.24) is 0 Å². The third kappa shape index (κ3) is 82.1. The van der Waals surface area contributed by atoms with Crippen molar-refractivity contribution in [2.45, 2.75) is 508 Å². The molecular formula is C89H174O17P2. The summed E-state index contributed by atoms with van der Waals surface area (Å²) in [4.78, 5) is 73.4. The maximum Gasteiger partial charge on any atom is 0.472 e. The molecule has 0 fully saturated rings. The molecule has 3 N–H and O–H groups in total. The number of carbonyl (C=O) groups excluding carboxylic acids is 4. The lowest BCUT2D eigenvalue weighted by Crippen LogP contribution is -2.30. The van der Waals surface area contributed by atoms with Gasteiger partial charge in [0.1, 0.15) is 19.3 Å². The van der Waals surface area contributed by atoms with Gasteiger partial charge in [-0.15, -0.1) is 0 Å². The van der Waals surface area contributed by atoms with E-state index in [2.05, 4.69) is 27.7 Å². The summed E-state index contributed by atoms with van der Waals surface area (Å²) in [7, 11) is -9.93. The normalized spacial score (nSPS) is 13.7. The number of carbonyl (C=O) groups is 4. The van der Waals surface area contributed by atoms with Crippen LogP contribution < -0.4 is 0 Å². The van der Waals surface area contributed by atoms with E-state index >= 15 is 0 Å². The zero-order chi connectivity index (χ0) is 78.9. The van der Waals surface area contributed by atoms with Gasteiger partial charge in [0, 0.05) is 25.7 Å². The number of ether oxygens (including phenoxy) is 4. The van der Waals surface area contributed by atoms with Crippen LogP contribution in [0.3, 0.4) is 0 Å². The van der Waals surface area contributed by atoms with Crippen molar-refractivity contribution in [2.24, 2.45) is 0 Å². The van der Waals surface area contributed by atoms with E-state index in [4.69, 9.17) is 37.0 Å². The molecule has 642 valence electrons. The van der Waals surface area contributed by atoms with Crippen molar-refractivity contribution < 1.29 is 80.2 Å². The first-order valence-corrected chi connectivity index (χ1v) is 49.3. The molecule has 19 heteroatoms. The number of aliphatic hydroxyl groups is 1. The summed E-state index contributed by atoms with van der Waals surface area (Å²) < 4.78 is 69.0. The van der Waals surface area contributed by atoms with Crippen LogP contribution in [0.1, 0.15) is 490 Å². The molecule has 0 heterocycles. The van der Waals surface area contributed by atoms with Gasteiger partial charge in [-0.2, -0.15) is 0 Å². The molecule has 0 aliphatic heterocycles. The first-order valence-electron chi connectivity index (χ1n) is 46.3. The van der Waals surface area contributed by atoms with Crippen molar-refractivity contribution in [3.63, 3.8) is 0 Å². The van der Waals surface area contributed by atoms with Gasteiger partial charge in [-0.05, 0) is 25.7 Å². The lowest BCUT2D eigenvalue weighted by molar-refractivity contribution is -0.161. The van der Waals surface area contributed by atoms with Gasteiger partial charge in [0.15, 0.2) is 12.2 Å². The van der Waals surface area contributed by atoms with Gasteiger partial charge >= 0.3 is 39.5 Å². The standard InChI is InChI=1S/C89H174O17P2/c1-5-9-13-17-21-25-29-33-36-38-40-42-44-46-48-52-56-60-64-68-72-76-89(94)106-85(80-100-87(92)74-70-66-62-58-54-51-47-45-43-41-39-37-34-30-26-22-18-14-10-6-2)82-104-108(97,98)102-78-83(90)77-101-107(95,96)103-81-84(79-99-86(91)73-69-65-61-57-53-49-32-28-24-20-16-12-8-4)105-88(93)75-71-67-63-59-55-50-35-31-27-23-19-15-11-7-3/h83-85,90H,5-82H2,1-4H3,(H,95,96)(H,97,98)/t83-,84+,85+/m0/s1. The third-order valence-electron chi connectivity index (χ3n) is 21.1. The highest BCUT2D eigenvalue weighted by Gasteiger charge is 2.30. The summed E-state index contributed by atoms with van der Waals surface area (Å²) in [6.45, 7) is 5.08. The molecule has 0 aromatic heterocycles. The maximum absolute atomic E-state index is 13.2. The number of unbranched alkanes of at least 4 members (excludes halogenated alkanes) is 64. The maximum atomic E-state index is 13.2. The largest absolute Gasteiger partial charge is 0.472 e. The zero-order valence-corrected chi connectivity index (χ0v) is 72.6. The summed E-state index contributed by atoms with van der Waals surface area (Å²) in [5.74, 6) is -2.09. The molecule has 2 unspecified atom stereocenters. The summed E-state index contributed by atoms with van der Waals surface area (Å²) in [6, 6.07) is 0. The Balaban J connectivity index is 5.24. The third-order valence-corrected chi connectivity index (χ3v) is 23.0. The number of phosphoric ester groups is 2. The average Bonchev–Trinajstić information content (AvgIpc) is 0.900. The van der Waals surface area contributed by atoms with Crippen LogP contribution in [0.25, 0.3) is 0 Å². The van der Waals surface area contributed by atoms with Gasteiger partial charge < -0.3 is 33.8 Å². The molecule has 0 aromatic carbocycles. The number of esters is 4. The number of phosphoric acid groups is 2. The molecule has 0 amide bonds. The second-order valence-corrected chi connectivity index (χ2v) is 34.9. The topological polar surface area (TPSA) is 237 Å². The highest BCUT2D eigenvalue weighted by atomic mass is 31.2. The Morgan fingerprint density at radius 3 is 0.546 bits per heavy atom. The van der Waals surface area contributed by atoms with Crippen LogP contribution in [0, 0.1) is 0 Å². The van der Waals surface area contributed by atoms with E-state index in [1.807, 2.05) is 0 Å². The number of rotatable bonds is 90. The Labute approximate surface area is 664 Å². The average molecular weight is 1580 g/mol. The fraction of sp³-hybridized carbons (Fsp3) is 0.955. The molecule has 0 aliphatic rings. The second kappa shape index (κ2) is 83.0. The molecule has 5 atom stereocenters. The van der Waals surface area contributed by atoms with E-state index in [0.29, 0.717) is 25.7 Å². The lowest BCUT2D eigenvalue weighted by Gasteiger charge is -2.21. The van der Waals surface area contributed by atoms with Crippen LogP contribution in [0.4, 0.5) is 0 Å². The zero-order valence-electron chi connectivity index (χ0n) is 70.8. The Morgan fingerprint density at radius 2 is 0.370 bits per heavy atom. The smallest absolute Gasteiger partial charge is 0.462 e. The van der Waals surface area contributed by atoms with Crippen molar-refractivity contribution in [3.8, 4) is 0 Å². The fourth-order valence-electron chi connectivity index (χ4n) is 14.1. The van der Waals surface area contributed by atoms with Gasteiger partial charge in [0.25, 0.3) is 0 Å². The van der Waals surface area contributed by atoms with Crippen molar-refractivity contribution in [2.75, 3.05) is 39.6 Å². The Kier molecular flexibility index (Phi) is 81.5. The minimum Gasteiger partial charge on any atom is -0.462 e. The molecule has 0 aliphatic carbocycles. The minimum atomic E-state index is -4.97. The molecule has 0 aromatic rings. The highest BCUT2D eigenvalue weighted by Crippen LogP contribution is 2.45. The molecule has 0 saturated heterocycles. The molecule has 108 heavy (non-hydrogen) atoms. The predicted octanol–water partition coefficient (Wildman–Crippen LogP) is 27.7. The van der Waals surface area contributed by atoms with Gasteiger partial charge in [-0.1, -0.05) is 439 Å². The number of aliphatic hydroxyl groups excluding tert-OH is 1. The molecule has 0 radical (unpaired) electrons. The van der Waals surface area contributed by atoms with Crippen LogP contribution in [0.15, 0.2) is 0 Å².